The lowest BCUT2D eigenvalue weighted by Gasteiger charge is -2.31. The van der Waals surface area contributed by atoms with E-state index >= 15 is 0 Å². The van der Waals surface area contributed by atoms with Crippen molar-refractivity contribution in [2.75, 3.05) is 22.2 Å². The van der Waals surface area contributed by atoms with E-state index in [1.165, 1.54) is 4.31 Å². The average Bonchev–Trinajstić information content (AvgIpc) is 2.80. The summed E-state index contributed by atoms with van der Waals surface area (Å²) in [5.41, 5.74) is 2.51. The molecule has 33 heavy (non-hydrogen) atoms. The van der Waals surface area contributed by atoms with E-state index in [2.05, 4.69) is 4.72 Å². The second-order valence-electron chi connectivity index (χ2n) is 7.83. The zero-order valence-corrected chi connectivity index (χ0v) is 20.1. The molecule has 1 heterocycles. The summed E-state index contributed by atoms with van der Waals surface area (Å²) in [4.78, 5) is 0.292. The molecule has 174 valence electrons. The fourth-order valence-corrected chi connectivity index (χ4v) is 6.75. The molecule has 0 unspecified atom stereocenters. The van der Waals surface area contributed by atoms with Crippen LogP contribution in [0.25, 0.3) is 0 Å². The summed E-state index contributed by atoms with van der Waals surface area (Å²) in [5.74, 6) is 0.286. The van der Waals surface area contributed by atoms with Crippen molar-refractivity contribution in [3.63, 3.8) is 0 Å². The van der Waals surface area contributed by atoms with Gasteiger partial charge in [0.15, 0.2) is 0 Å². The number of anilines is 2. The van der Waals surface area contributed by atoms with Gasteiger partial charge in [-0.2, -0.15) is 0 Å². The number of rotatable bonds is 7. The molecular weight excluding hydrogens is 460 g/mol. The Labute approximate surface area is 195 Å². The van der Waals surface area contributed by atoms with Crippen molar-refractivity contribution in [3.8, 4) is 5.75 Å². The van der Waals surface area contributed by atoms with Crippen molar-refractivity contribution in [2.45, 2.75) is 36.5 Å². The standard InChI is InChI=1S/C24H26N2O5S2/c1-3-31-23-14-11-18(2)16-24(23)32(27,28)25-20-12-13-22-19(17-20)8-7-15-26(22)33(29,30)21-9-5-4-6-10-21/h4-6,9-14,16-17,25H,3,7-8,15H2,1-2H3. The Morgan fingerprint density at radius 3 is 2.45 bits per heavy atom. The summed E-state index contributed by atoms with van der Waals surface area (Å²) in [6.45, 7) is 4.32. The van der Waals surface area contributed by atoms with Crippen LogP contribution in [0.4, 0.5) is 11.4 Å². The third kappa shape index (κ3) is 4.69. The van der Waals surface area contributed by atoms with Gasteiger partial charge >= 0.3 is 0 Å². The first-order valence-electron chi connectivity index (χ1n) is 10.7. The predicted molar refractivity (Wildman–Crippen MR) is 129 cm³/mol. The number of ether oxygens (including phenoxy) is 1. The molecule has 3 aromatic rings. The van der Waals surface area contributed by atoms with Crippen LogP contribution in [0.2, 0.25) is 0 Å². The minimum Gasteiger partial charge on any atom is -0.492 e. The van der Waals surface area contributed by atoms with Crippen LogP contribution in [0.15, 0.2) is 76.5 Å². The van der Waals surface area contributed by atoms with Crippen LogP contribution >= 0.6 is 0 Å². The van der Waals surface area contributed by atoms with Gasteiger partial charge in [0.25, 0.3) is 20.0 Å². The Bertz CT molecular complexity index is 1370. The van der Waals surface area contributed by atoms with E-state index in [0.717, 1.165) is 11.1 Å². The van der Waals surface area contributed by atoms with Gasteiger partial charge in [-0.3, -0.25) is 9.03 Å². The number of hydrogen-bond acceptors (Lipinski definition) is 5. The molecule has 0 spiro atoms. The fourth-order valence-electron chi connectivity index (χ4n) is 3.91. The minimum atomic E-state index is -3.91. The Hall–Kier alpha value is -3.04. The Kier molecular flexibility index (Phi) is 6.36. The summed E-state index contributed by atoms with van der Waals surface area (Å²) in [7, 11) is -7.61. The lowest BCUT2D eigenvalue weighted by atomic mass is 10.0. The van der Waals surface area contributed by atoms with Crippen molar-refractivity contribution in [3.05, 3.63) is 77.9 Å². The van der Waals surface area contributed by atoms with Gasteiger partial charge in [0, 0.05) is 12.2 Å². The van der Waals surface area contributed by atoms with Crippen LogP contribution in [0.3, 0.4) is 0 Å². The molecule has 3 aromatic carbocycles. The highest BCUT2D eigenvalue weighted by molar-refractivity contribution is 7.93. The van der Waals surface area contributed by atoms with E-state index in [-0.39, 0.29) is 15.5 Å². The van der Waals surface area contributed by atoms with Gasteiger partial charge in [-0.1, -0.05) is 24.3 Å². The molecule has 4 rings (SSSR count). The summed E-state index contributed by atoms with van der Waals surface area (Å²) in [5, 5.41) is 0. The summed E-state index contributed by atoms with van der Waals surface area (Å²) in [6.07, 6.45) is 1.29. The molecule has 0 radical (unpaired) electrons. The molecule has 0 saturated heterocycles. The molecule has 9 heteroatoms. The van der Waals surface area contributed by atoms with Crippen LogP contribution in [0, 0.1) is 6.92 Å². The van der Waals surface area contributed by atoms with Gasteiger partial charge in [0.2, 0.25) is 0 Å². The first kappa shape index (κ1) is 23.1. The van der Waals surface area contributed by atoms with Crippen LogP contribution in [-0.2, 0) is 26.5 Å². The first-order valence-corrected chi connectivity index (χ1v) is 13.6. The highest BCUT2D eigenvalue weighted by atomic mass is 32.2. The Morgan fingerprint density at radius 1 is 0.970 bits per heavy atom. The van der Waals surface area contributed by atoms with E-state index < -0.39 is 20.0 Å². The molecule has 0 amide bonds. The smallest absolute Gasteiger partial charge is 0.265 e. The fraction of sp³-hybridized carbons (Fsp3) is 0.250. The highest BCUT2D eigenvalue weighted by Gasteiger charge is 2.29. The molecular formula is C24H26N2O5S2. The van der Waals surface area contributed by atoms with Gasteiger partial charge in [-0.05, 0) is 80.3 Å². The molecule has 0 aliphatic carbocycles. The molecule has 7 nitrogen and oxygen atoms in total. The summed E-state index contributed by atoms with van der Waals surface area (Å²) < 4.78 is 62.1. The zero-order chi connectivity index (χ0) is 23.6. The molecule has 0 saturated carbocycles. The lowest BCUT2D eigenvalue weighted by molar-refractivity contribution is 0.331. The largest absolute Gasteiger partial charge is 0.492 e. The number of aryl methyl sites for hydroxylation is 2. The van der Waals surface area contributed by atoms with Gasteiger partial charge in [-0.15, -0.1) is 0 Å². The predicted octanol–water partition coefficient (Wildman–Crippen LogP) is 4.34. The maximum atomic E-state index is 13.2. The Balaban J connectivity index is 1.66. The SMILES string of the molecule is CCOc1ccc(C)cc1S(=O)(=O)Nc1ccc2c(c1)CCCN2S(=O)(=O)c1ccccc1. The molecule has 0 bridgehead atoms. The van der Waals surface area contributed by atoms with E-state index in [0.29, 0.717) is 37.4 Å². The first-order chi connectivity index (χ1) is 15.7. The van der Waals surface area contributed by atoms with E-state index in [9.17, 15) is 16.8 Å². The minimum absolute atomic E-state index is 0.0651. The van der Waals surface area contributed by atoms with Crippen molar-refractivity contribution in [2.24, 2.45) is 0 Å². The molecule has 1 aliphatic heterocycles. The van der Waals surface area contributed by atoms with Crippen molar-refractivity contribution >= 4 is 31.4 Å². The zero-order valence-electron chi connectivity index (χ0n) is 18.5. The molecule has 1 aliphatic rings. The number of nitrogens with zero attached hydrogens (tertiary/aromatic N) is 1. The maximum absolute atomic E-state index is 13.2. The molecule has 0 atom stereocenters. The molecule has 0 fully saturated rings. The van der Waals surface area contributed by atoms with Crippen LogP contribution in [0.1, 0.15) is 24.5 Å². The molecule has 1 N–H and O–H groups in total. The topological polar surface area (TPSA) is 92.8 Å². The van der Waals surface area contributed by atoms with Gasteiger partial charge in [-0.25, -0.2) is 16.8 Å². The van der Waals surface area contributed by atoms with Crippen LogP contribution in [0.5, 0.6) is 5.75 Å². The second kappa shape index (κ2) is 9.07. The normalized spacial score (nSPS) is 13.9. The summed E-state index contributed by atoms with van der Waals surface area (Å²) >= 11 is 0. The van der Waals surface area contributed by atoms with Crippen LogP contribution < -0.4 is 13.8 Å². The van der Waals surface area contributed by atoms with Gasteiger partial charge in [0.05, 0.1) is 17.2 Å². The van der Waals surface area contributed by atoms with Crippen molar-refractivity contribution in [1.29, 1.82) is 0 Å². The van der Waals surface area contributed by atoms with E-state index in [1.54, 1.807) is 73.7 Å². The maximum Gasteiger partial charge on any atom is 0.265 e. The van der Waals surface area contributed by atoms with Crippen molar-refractivity contribution in [1.82, 2.24) is 0 Å². The van der Waals surface area contributed by atoms with E-state index in [4.69, 9.17) is 4.74 Å². The van der Waals surface area contributed by atoms with Gasteiger partial charge in [0.1, 0.15) is 10.6 Å². The summed E-state index contributed by atoms with van der Waals surface area (Å²) in [6, 6.07) is 18.3. The molecule has 0 aromatic heterocycles. The number of benzene rings is 3. The number of sulfonamides is 2. The quantitative estimate of drug-likeness (QED) is 0.536. The van der Waals surface area contributed by atoms with Crippen LogP contribution in [-0.4, -0.2) is 30.0 Å². The highest BCUT2D eigenvalue weighted by Crippen LogP contribution is 2.35. The number of hydrogen-bond donors (Lipinski definition) is 1. The number of fused-ring (bicyclic) bond motifs is 1. The Morgan fingerprint density at radius 2 is 1.73 bits per heavy atom. The lowest BCUT2D eigenvalue weighted by Crippen LogP contribution is -2.35. The average molecular weight is 487 g/mol. The third-order valence-corrected chi connectivity index (χ3v) is 8.66. The second-order valence-corrected chi connectivity index (χ2v) is 11.3. The third-order valence-electron chi connectivity index (χ3n) is 5.43. The van der Waals surface area contributed by atoms with Gasteiger partial charge < -0.3 is 4.74 Å². The number of nitrogens with one attached hydrogen (secondary N) is 1. The monoisotopic (exact) mass is 486 g/mol. The van der Waals surface area contributed by atoms with E-state index in [1.807, 2.05) is 6.92 Å². The van der Waals surface area contributed by atoms with Crippen molar-refractivity contribution < 1.29 is 21.6 Å².